The van der Waals surface area contributed by atoms with E-state index < -0.39 is 0 Å². The molecular formula is C15H12Br2N2OS. The molecule has 0 aliphatic heterocycles. The van der Waals surface area contributed by atoms with E-state index in [9.17, 15) is 0 Å². The van der Waals surface area contributed by atoms with Crippen LogP contribution in [0.2, 0.25) is 0 Å². The zero-order chi connectivity index (χ0) is 15.1. The highest BCUT2D eigenvalue weighted by Crippen LogP contribution is 2.38. The standard InChI is InChI=1S/C15H12Br2N2OS/c1-7-8(2)21-15-13(7)14(18-9(3)19-15)20-12-5-4-10(16)6-11(12)17/h4-6H,1-3H3. The lowest BCUT2D eigenvalue weighted by molar-refractivity contribution is 0.463. The van der Waals surface area contributed by atoms with Crippen LogP contribution in [0.3, 0.4) is 0 Å². The minimum atomic E-state index is 0.613. The smallest absolute Gasteiger partial charge is 0.231 e. The van der Waals surface area contributed by atoms with Gasteiger partial charge in [-0.15, -0.1) is 11.3 Å². The van der Waals surface area contributed by atoms with E-state index in [4.69, 9.17) is 4.74 Å². The van der Waals surface area contributed by atoms with Crippen LogP contribution in [-0.2, 0) is 0 Å². The van der Waals surface area contributed by atoms with E-state index in [-0.39, 0.29) is 0 Å². The molecule has 0 saturated heterocycles. The summed E-state index contributed by atoms with van der Waals surface area (Å²) >= 11 is 8.63. The second-order valence-corrected chi connectivity index (χ2v) is 7.69. The van der Waals surface area contributed by atoms with Crippen LogP contribution in [0.5, 0.6) is 11.6 Å². The number of aromatic nitrogens is 2. The molecule has 0 fully saturated rings. The molecule has 0 aliphatic rings. The highest BCUT2D eigenvalue weighted by molar-refractivity contribution is 9.11. The van der Waals surface area contributed by atoms with Crippen LogP contribution < -0.4 is 4.74 Å². The molecule has 0 saturated carbocycles. The van der Waals surface area contributed by atoms with Crippen LogP contribution in [0.1, 0.15) is 16.3 Å². The molecule has 2 heterocycles. The third kappa shape index (κ3) is 2.84. The van der Waals surface area contributed by atoms with Gasteiger partial charge < -0.3 is 4.74 Å². The number of hydrogen-bond acceptors (Lipinski definition) is 4. The Bertz CT molecular complexity index is 845. The average Bonchev–Trinajstić information content (AvgIpc) is 2.68. The maximum Gasteiger partial charge on any atom is 0.231 e. The quantitative estimate of drug-likeness (QED) is 0.508. The Labute approximate surface area is 143 Å². The van der Waals surface area contributed by atoms with Crippen molar-refractivity contribution in [2.45, 2.75) is 20.8 Å². The lowest BCUT2D eigenvalue weighted by Crippen LogP contribution is -1.95. The van der Waals surface area contributed by atoms with Gasteiger partial charge in [0.15, 0.2) is 0 Å². The second kappa shape index (κ2) is 5.66. The van der Waals surface area contributed by atoms with Crippen LogP contribution >= 0.6 is 43.2 Å². The Morgan fingerprint density at radius 1 is 1.10 bits per heavy atom. The third-order valence-corrected chi connectivity index (χ3v) is 5.42. The van der Waals surface area contributed by atoms with Crippen molar-refractivity contribution in [1.82, 2.24) is 9.97 Å². The summed E-state index contributed by atoms with van der Waals surface area (Å²) in [6.45, 7) is 6.06. The Hall–Kier alpha value is -0.980. The Morgan fingerprint density at radius 2 is 1.86 bits per heavy atom. The summed E-state index contributed by atoms with van der Waals surface area (Å²) in [5.74, 6) is 2.07. The molecule has 6 heteroatoms. The van der Waals surface area contributed by atoms with Gasteiger partial charge in [0.1, 0.15) is 16.4 Å². The summed E-state index contributed by atoms with van der Waals surface area (Å²) in [7, 11) is 0. The van der Waals surface area contributed by atoms with Crippen LogP contribution in [-0.4, -0.2) is 9.97 Å². The number of benzene rings is 1. The van der Waals surface area contributed by atoms with Gasteiger partial charge in [-0.05, 0) is 60.5 Å². The van der Waals surface area contributed by atoms with Crippen LogP contribution in [0, 0.1) is 20.8 Å². The van der Waals surface area contributed by atoms with Crippen molar-refractivity contribution in [3.8, 4) is 11.6 Å². The van der Waals surface area contributed by atoms with Gasteiger partial charge in [0, 0.05) is 9.35 Å². The summed E-state index contributed by atoms with van der Waals surface area (Å²) in [6.07, 6.45) is 0. The summed E-state index contributed by atoms with van der Waals surface area (Å²) in [5.41, 5.74) is 1.18. The minimum Gasteiger partial charge on any atom is -0.437 e. The van der Waals surface area contributed by atoms with Gasteiger partial charge in [0.05, 0.1) is 9.86 Å². The van der Waals surface area contributed by atoms with Crippen molar-refractivity contribution in [3.63, 3.8) is 0 Å². The molecular weight excluding hydrogens is 416 g/mol. The van der Waals surface area contributed by atoms with Crippen molar-refractivity contribution in [2.24, 2.45) is 0 Å². The summed E-state index contributed by atoms with van der Waals surface area (Å²) in [6, 6.07) is 5.80. The molecule has 0 unspecified atom stereocenters. The fourth-order valence-electron chi connectivity index (χ4n) is 2.05. The van der Waals surface area contributed by atoms with E-state index in [2.05, 4.69) is 55.7 Å². The molecule has 2 aromatic heterocycles. The average molecular weight is 428 g/mol. The predicted molar refractivity (Wildman–Crippen MR) is 93.5 cm³/mol. The van der Waals surface area contributed by atoms with Gasteiger partial charge in [-0.2, -0.15) is 4.98 Å². The Morgan fingerprint density at radius 3 is 2.57 bits per heavy atom. The lowest BCUT2D eigenvalue weighted by atomic mass is 10.2. The largest absolute Gasteiger partial charge is 0.437 e. The van der Waals surface area contributed by atoms with Crippen molar-refractivity contribution in [2.75, 3.05) is 0 Å². The van der Waals surface area contributed by atoms with Crippen LogP contribution in [0.15, 0.2) is 27.1 Å². The van der Waals surface area contributed by atoms with Crippen molar-refractivity contribution in [3.05, 3.63) is 43.4 Å². The minimum absolute atomic E-state index is 0.613. The summed E-state index contributed by atoms with van der Waals surface area (Å²) in [4.78, 5) is 11.2. The molecule has 0 bridgehead atoms. The van der Waals surface area contributed by atoms with Gasteiger partial charge in [0.2, 0.25) is 5.88 Å². The fourth-order valence-corrected chi connectivity index (χ4v) is 4.24. The molecule has 3 aromatic rings. The van der Waals surface area contributed by atoms with E-state index in [1.54, 1.807) is 11.3 Å². The summed E-state index contributed by atoms with van der Waals surface area (Å²) in [5, 5.41) is 0.998. The predicted octanol–water partition coefficient (Wildman–Crippen LogP) is 5.93. The molecule has 0 atom stereocenters. The van der Waals surface area contributed by atoms with E-state index in [1.807, 2.05) is 25.1 Å². The maximum absolute atomic E-state index is 6.04. The van der Waals surface area contributed by atoms with Crippen LogP contribution in [0.25, 0.3) is 10.2 Å². The van der Waals surface area contributed by atoms with Gasteiger partial charge in [0.25, 0.3) is 0 Å². The first-order chi connectivity index (χ1) is 9.95. The molecule has 0 aliphatic carbocycles. The number of ether oxygens (including phenoxy) is 1. The number of fused-ring (bicyclic) bond motifs is 1. The number of halogens is 2. The topological polar surface area (TPSA) is 35.0 Å². The molecule has 1 aromatic carbocycles. The Balaban J connectivity index is 2.15. The number of aryl methyl sites for hydroxylation is 3. The molecule has 0 radical (unpaired) electrons. The zero-order valence-corrected chi connectivity index (χ0v) is 15.7. The second-order valence-electron chi connectivity index (χ2n) is 4.72. The van der Waals surface area contributed by atoms with Gasteiger partial charge in [-0.25, -0.2) is 4.98 Å². The molecule has 3 nitrogen and oxygen atoms in total. The van der Waals surface area contributed by atoms with Crippen molar-refractivity contribution in [1.29, 1.82) is 0 Å². The lowest BCUT2D eigenvalue weighted by Gasteiger charge is -2.09. The summed E-state index contributed by atoms with van der Waals surface area (Å²) < 4.78 is 7.91. The number of rotatable bonds is 2. The zero-order valence-electron chi connectivity index (χ0n) is 11.7. The van der Waals surface area contributed by atoms with E-state index >= 15 is 0 Å². The monoisotopic (exact) mass is 426 g/mol. The fraction of sp³-hybridized carbons (Fsp3) is 0.200. The first-order valence-electron chi connectivity index (χ1n) is 6.33. The van der Waals surface area contributed by atoms with Crippen molar-refractivity contribution < 1.29 is 4.74 Å². The van der Waals surface area contributed by atoms with Crippen molar-refractivity contribution >= 4 is 53.4 Å². The maximum atomic E-state index is 6.04. The number of hydrogen-bond donors (Lipinski definition) is 0. The number of thiophene rings is 1. The van der Waals surface area contributed by atoms with Gasteiger partial charge in [-0.3, -0.25) is 0 Å². The molecule has 0 N–H and O–H groups in total. The third-order valence-electron chi connectivity index (χ3n) is 3.21. The van der Waals surface area contributed by atoms with Gasteiger partial charge in [-0.1, -0.05) is 15.9 Å². The normalized spacial score (nSPS) is 11.1. The first-order valence-corrected chi connectivity index (χ1v) is 8.73. The highest BCUT2D eigenvalue weighted by Gasteiger charge is 2.16. The Kier molecular flexibility index (Phi) is 4.03. The van der Waals surface area contributed by atoms with Crippen LogP contribution in [0.4, 0.5) is 0 Å². The SMILES string of the molecule is Cc1nc(Oc2ccc(Br)cc2Br)c2c(C)c(C)sc2n1. The molecule has 0 spiro atoms. The van der Waals surface area contributed by atoms with E-state index in [0.29, 0.717) is 11.7 Å². The van der Waals surface area contributed by atoms with Gasteiger partial charge >= 0.3 is 0 Å². The number of nitrogens with zero attached hydrogens (tertiary/aromatic N) is 2. The first kappa shape index (κ1) is 14.9. The molecule has 0 amide bonds. The van der Waals surface area contributed by atoms with E-state index in [0.717, 1.165) is 24.9 Å². The molecule has 3 rings (SSSR count). The van der Waals surface area contributed by atoms with E-state index in [1.165, 1.54) is 10.4 Å². The molecule has 108 valence electrons. The molecule has 21 heavy (non-hydrogen) atoms. The highest BCUT2D eigenvalue weighted by atomic mass is 79.9.